The van der Waals surface area contributed by atoms with Crippen LogP contribution >= 0.6 is 15.9 Å². The molecule has 0 fully saturated rings. The molecule has 0 aliphatic rings. The maximum Gasteiger partial charge on any atom is 0.136 e. The highest BCUT2D eigenvalue weighted by Crippen LogP contribution is 2.33. The lowest BCUT2D eigenvalue weighted by molar-refractivity contribution is 0.669. The van der Waals surface area contributed by atoms with E-state index in [1.165, 1.54) is 6.07 Å². The molecule has 0 saturated heterocycles. The smallest absolute Gasteiger partial charge is 0.136 e. The van der Waals surface area contributed by atoms with Crippen LogP contribution in [0.4, 0.5) is 0 Å². The van der Waals surface area contributed by atoms with Crippen LogP contribution in [0.3, 0.4) is 0 Å². The van der Waals surface area contributed by atoms with Gasteiger partial charge in [-0.25, -0.2) is 0 Å². The summed E-state index contributed by atoms with van der Waals surface area (Å²) in [5.74, 6) is 0. The third kappa shape index (κ3) is 1.01. The standard InChI is InChI=1S/C12H7BrO/c13-9-5-3-7-11-12(9)8-4-1-2-6-10(8)14-11/h1-7H/i1D,5D,6D. The molecule has 2 aromatic carbocycles. The molecule has 3 rings (SSSR count). The molecule has 0 atom stereocenters. The molecule has 0 N–H and O–H groups in total. The Morgan fingerprint density at radius 2 is 2.07 bits per heavy atom. The van der Waals surface area contributed by atoms with Gasteiger partial charge in [0.1, 0.15) is 11.2 Å². The highest BCUT2D eigenvalue weighted by molar-refractivity contribution is 9.10. The lowest BCUT2D eigenvalue weighted by Gasteiger charge is -1.91. The van der Waals surface area contributed by atoms with Gasteiger partial charge in [-0.2, -0.15) is 0 Å². The van der Waals surface area contributed by atoms with Crippen molar-refractivity contribution in [3.63, 3.8) is 0 Å². The molecule has 0 bridgehead atoms. The van der Waals surface area contributed by atoms with E-state index in [9.17, 15) is 0 Å². The van der Waals surface area contributed by atoms with Crippen LogP contribution in [0.1, 0.15) is 4.11 Å². The van der Waals surface area contributed by atoms with E-state index < -0.39 is 0 Å². The molecule has 0 unspecified atom stereocenters. The average molecular weight is 250 g/mol. The van der Waals surface area contributed by atoms with Crippen molar-refractivity contribution < 1.29 is 8.53 Å². The van der Waals surface area contributed by atoms with Crippen LogP contribution in [0.2, 0.25) is 0 Å². The summed E-state index contributed by atoms with van der Waals surface area (Å²) in [7, 11) is 0. The SMILES string of the molecule is [2H]c1cc([2H])c2oc3ccc([2H])c(Br)c3c2c1. The Bertz CT molecular complexity index is 748. The Kier molecular flexibility index (Phi) is 1.13. The van der Waals surface area contributed by atoms with Crippen molar-refractivity contribution >= 4 is 37.9 Å². The van der Waals surface area contributed by atoms with Gasteiger partial charge in [0.25, 0.3) is 0 Å². The fourth-order valence-corrected chi connectivity index (χ4v) is 2.09. The maximum atomic E-state index is 7.79. The van der Waals surface area contributed by atoms with Gasteiger partial charge in [0.2, 0.25) is 0 Å². The summed E-state index contributed by atoms with van der Waals surface area (Å²) in [5.41, 5.74) is 1.09. The fourth-order valence-electron chi connectivity index (χ4n) is 1.55. The minimum absolute atomic E-state index is 0.196. The number of halogens is 1. The number of benzene rings is 2. The summed E-state index contributed by atoms with van der Waals surface area (Å²) in [6.45, 7) is 0. The predicted octanol–water partition coefficient (Wildman–Crippen LogP) is 4.35. The minimum atomic E-state index is 0.196. The lowest BCUT2D eigenvalue weighted by atomic mass is 10.2. The molecule has 0 spiro atoms. The van der Waals surface area contributed by atoms with Crippen molar-refractivity contribution in [3.05, 3.63) is 46.9 Å². The van der Waals surface area contributed by atoms with E-state index in [0.717, 1.165) is 5.39 Å². The van der Waals surface area contributed by atoms with E-state index in [-0.39, 0.29) is 12.1 Å². The van der Waals surface area contributed by atoms with Crippen LogP contribution in [-0.2, 0) is 0 Å². The monoisotopic (exact) mass is 249 g/mol. The van der Waals surface area contributed by atoms with Gasteiger partial charge in [0.15, 0.2) is 0 Å². The van der Waals surface area contributed by atoms with Crippen molar-refractivity contribution in [3.8, 4) is 0 Å². The van der Waals surface area contributed by atoms with Crippen molar-refractivity contribution in [2.45, 2.75) is 0 Å². The minimum Gasteiger partial charge on any atom is -0.456 e. The third-order valence-corrected chi connectivity index (χ3v) is 2.78. The molecule has 0 saturated carbocycles. The third-order valence-electron chi connectivity index (χ3n) is 2.15. The van der Waals surface area contributed by atoms with Crippen molar-refractivity contribution in [1.29, 1.82) is 0 Å². The molecule has 0 radical (unpaired) electrons. The largest absolute Gasteiger partial charge is 0.456 e. The molecule has 0 amide bonds. The Morgan fingerprint density at radius 1 is 1.14 bits per heavy atom. The number of hydrogen-bond donors (Lipinski definition) is 0. The molecule has 14 heavy (non-hydrogen) atoms. The predicted molar refractivity (Wildman–Crippen MR) is 61.4 cm³/mol. The first-order valence-electron chi connectivity index (χ1n) is 5.66. The molecular weight excluding hydrogens is 240 g/mol. The van der Waals surface area contributed by atoms with Crippen LogP contribution in [-0.4, -0.2) is 0 Å². The summed E-state index contributed by atoms with van der Waals surface area (Å²) in [4.78, 5) is 0. The molecule has 2 heteroatoms. The van der Waals surface area contributed by atoms with Gasteiger partial charge < -0.3 is 4.42 Å². The van der Waals surface area contributed by atoms with E-state index >= 15 is 0 Å². The molecule has 68 valence electrons. The van der Waals surface area contributed by atoms with Gasteiger partial charge in [-0.05, 0) is 18.2 Å². The van der Waals surface area contributed by atoms with Crippen molar-refractivity contribution in [2.75, 3.05) is 0 Å². The van der Waals surface area contributed by atoms with Crippen molar-refractivity contribution in [2.24, 2.45) is 0 Å². The van der Waals surface area contributed by atoms with Crippen LogP contribution in [0.25, 0.3) is 21.9 Å². The summed E-state index contributed by atoms with van der Waals surface area (Å²) in [6, 6.07) is 7.28. The van der Waals surface area contributed by atoms with Crippen LogP contribution in [0, 0.1) is 0 Å². The molecule has 3 aromatic rings. The Balaban J connectivity index is 2.62. The van der Waals surface area contributed by atoms with E-state index in [4.69, 9.17) is 8.53 Å². The van der Waals surface area contributed by atoms with Gasteiger partial charge in [-0.15, -0.1) is 0 Å². The zero-order valence-electron chi connectivity index (χ0n) is 10.1. The Labute approximate surface area is 93.7 Å². The number of fused-ring (bicyclic) bond motifs is 3. The first-order chi connectivity index (χ1) is 8.08. The highest BCUT2D eigenvalue weighted by Gasteiger charge is 2.07. The quantitative estimate of drug-likeness (QED) is 0.578. The van der Waals surface area contributed by atoms with Gasteiger partial charge in [0, 0.05) is 15.2 Å². The van der Waals surface area contributed by atoms with Gasteiger partial charge >= 0.3 is 0 Å². The van der Waals surface area contributed by atoms with E-state index in [2.05, 4.69) is 15.9 Å². The number of rotatable bonds is 0. The van der Waals surface area contributed by atoms with Crippen LogP contribution in [0.15, 0.2) is 51.3 Å². The molecule has 1 heterocycles. The molecular formula is C12H7BrO. The molecule has 1 nitrogen and oxygen atoms in total. The molecule has 0 aliphatic carbocycles. The van der Waals surface area contributed by atoms with Crippen LogP contribution in [0.5, 0.6) is 0 Å². The molecule has 1 aromatic heterocycles. The second-order valence-electron chi connectivity index (χ2n) is 2.98. The first-order valence-corrected chi connectivity index (χ1v) is 4.96. The van der Waals surface area contributed by atoms with E-state index in [1.54, 1.807) is 18.2 Å². The summed E-state index contributed by atoms with van der Waals surface area (Å²) in [6.07, 6.45) is 0. The topological polar surface area (TPSA) is 13.1 Å². The first kappa shape index (κ1) is 5.56. The van der Waals surface area contributed by atoms with Gasteiger partial charge in [-0.1, -0.05) is 40.2 Å². The zero-order valence-corrected chi connectivity index (χ0v) is 8.68. The lowest BCUT2D eigenvalue weighted by Crippen LogP contribution is -1.67. The van der Waals surface area contributed by atoms with E-state index in [1.807, 2.05) is 0 Å². The van der Waals surface area contributed by atoms with Crippen molar-refractivity contribution in [1.82, 2.24) is 0 Å². The second-order valence-corrected chi connectivity index (χ2v) is 3.77. The average Bonchev–Trinajstić information content (AvgIpc) is 2.63. The molecule has 0 aliphatic heterocycles. The Morgan fingerprint density at radius 3 is 3.00 bits per heavy atom. The van der Waals surface area contributed by atoms with Crippen LogP contribution < -0.4 is 0 Å². The maximum absolute atomic E-state index is 7.79. The zero-order chi connectivity index (χ0) is 12.2. The van der Waals surface area contributed by atoms with Gasteiger partial charge in [0.05, 0.1) is 4.11 Å². The normalized spacial score (nSPS) is 14.2. The Hall–Kier alpha value is -1.28. The fraction of sp³-hybridized carbons (Fsp3) is 0. The van der Waals surface area contributed by atoms with E-state index in [0.29, 0.717) is 27.1 Å². The summed E-state index contributed by atoms with van der Waals surface area (Å²) >= 11 is 3.36. The number of para-hydroxylation sites is 1. The van der Waals surface area contributed by atoms with Gasteiger partial charge in [-0.3, -0.25) is 0 Å². The summed E-state index contributed by atoms with van der Waals surface area (Å²) in [5, 5.41) is 1.47. The highest BCUT2D eigenvalue weighted by atomic mass is 79.9. The summed E-state index contributed by atoms with van der Waals surface area (Å²) < 4.78 is 29.4. The number of hydrogen-bond acceptors (Lipinski definition) is 1. The number of furan rings is 1. The second kappa shape index (κ2) is 2.85.